The molecule has 1 unspecified atom stereocenters. The monoisotopic (exact) mass is 369 g/mol. The van der Waals surface area contributed by atoms with E-state index >= 15 is 0 Å². The summed E-state index contributed by atoms with van der Waals surface area (Å²) in [6, 6.07) is 13.7. The minimum absolute atomic E-state index is 0.109. The first kappa shape index (κ1) is 17.0. The van der Waals surface area contributed by atoms with E-state index in [2.05, 4.69) is 10.4 Å². The molecule has 0 saturated carbocycles. The molecule has 4 rings (SSSR count). The zero-order valence-corrected chi connectivity index (χ0v) is 14.9. The lowest BCUT2D eigenvalue weighted by atomic mass is 10.2. The molecule has 6 nitrogen and oxygen atoms in total. The summed E-state index contributed by atoms with van der Waals surface area (Å²) in [5.41, 5.74) is 2.14. The van der Waals surface area contributed by atoms with Gasteiger partial charge in [0.1, 0.15) is 5.69 Å². The number of carbonyl (C=O) groups excluding carboxylic acids is 1. The molecule has 1 aromatic carbocycles. The number of rotatable bonds is 5. The predicted molar refractivity (Wildman–Crippen MR) is 99.8 cm³/mol. The lowest BCUT2D eigenvalue weighted by molar-refractivity contribution is -0.0855. The highest BCUT2D eigenvalue weighted by Gasteiger charge is 2.21. The fraction of sp³-hybridized carbons (Fsp3) is 0.263. The number of nitrogens with zero attached hydrogens (tertiary/aromatic N) is 2. The number of benzene rings is 1. The third kappa shape index (κ3) is 3.70. The Morgan fingerprint density at radius 3 is 2.85 bits per heavy atom. The number of thiophene rings is 1. The van der Waals surface area contributed by atoms with Crippen molar-refractivity contribution in [3.05, 3.63) is 59.6 Å². The molecule has 1 saturated heterocycles. The van der Waals surface area contributed by atoms with Crippen LogP contribution in [0.2, 0.25) is 0 Å². The first-order valence-electron chi connectivity index (χ1n) is 8.48. The fourth-order valence-corrected chi connectivity index (χ4v) is 3.53. The third-order valence-electron chi connectivity index (χ3n) is 4.11. The Hall–Kier alpha value is -2.48. The van der Waals surface area contributed by atoms with Crippen LogP contribution in [0.1, 0.15) is 10.4 Å². The summed E-state index contributed by atoms with van der Waals surface area (Å²) in [5.74, 6) is -0.162. The molecule has 3 aromatic rings. The second-order valence-electron chi connectivity index (χ2n) is 5.93. The maximum absolute atomic E-state index is 12.8. The van der Waals surface area contributed by atoms with E-state index in [4.69, 9.17) is 9.47 Å². The minimum Gasteiger partial charge on any atom is -0.376 e. The van der Waals surface area contributed by atoms with Crippen LogP contribution in [0.5, 0.6) is 0 Å². The van der Waals surface area contributed by atoms with Crippen molar-refractivity contribution >= 4 is 17.2 Å². The number of para-hydroxylation sites is 1. The first-order chi connectivity index (χ1) is 12.8. The molecule has 0 radical (unpaired) electrons. The molecule has 1 amide bonds. The number of carbonyl (C=O) groups is 1. The van der Waals surface area contributed by atoms with Crippen molar-refractivity contribution in [3.8, 4) is 16.3 Å². The van der Waals surface area contributed by atoms with Gasteiger partial charge in [-0.05, 0) is 23.6 Å². The van der Waals surface area contributed by atoms with Crippen LogP contribution >= 0.6 is 11.3 Å². The van der Waals surface area contributed by atoms with Gasteiger partial charge in [0.2, 0.25) is 0 Å². The normalized spacial score (nSPS) is 17.2. The number of ether oxygens (including phenoxy) is 2. The van der Waals surface area contributed by atoms with E-state index in [1.165, 1.54) is 0 Å². The molecule has 0 aliphatic carbocycles. The molecule has 3 heterocycles. The molecule has 1 N–H and O–H groups in total. The number of amides is 1. The van der Waals surface area contributed by atoms with Gasteiger partial charge in [-0.3, -0.25) is 4.79 Å². The van der Waals surface area contributed by atoms with Crippen LogP contribution in [0.15, 0.2) is 54.0 Å². The molecule has 0 bridgehead atoms. The Balaban J connectivity index is 1.59. The minimum atomic E-state index is -0.162. The van der Waals surface area contributed by atoms with Crippen LogP contribution in [0.3, 0.4) is 0 Å². The molecular formula is C19H19N3O3S. The zero-order chi connectivity index (χ0) is 17.8. The average Bonchev–Trinajstić information content (AvgIpc) is 3.37. The standard InChI is InChI=1S/C19H19N3O3S/c23-19(20-11-15-13-24-8-9-25-15)16-12-22(14-5-2-1-3-6-14)21-18(16)17-7-4-10-26-17/h1-7,10,12,15H,8-9,11,13H2,(H,20,23). The Kier molecular flexibility index (Phi) is 5.10. The number of hydrogen-bond acceptors (Lipinski definition) is 5. The SMILES string of the molecule is O=C(NCC1COCCO1)c1cn(-c2ccccc2)nc1-c1cccs1. The van der Waals surface area contributed by atoms with Gasteiger partial charge >= 0.3 is 0 Å². The van der Waals surface area contributed by atoms with Crippen LogP contribution < -0.4 is 5.32 Å². The van der Waals surface area contributed by atoms with E-state index in [0.29, 0.717) is 37.6 Å². The number of aromatic nitrogens is 2. The summed E-state index contributed by atoms with van der Waals surface area (Å²) in [6.07, 6.45) is 1.67. The predicted octanol–water partition coefficient (Wildman–Crippen LogP) is 2.75. The van der Waals surface area contributed by atoms with Crippen molar-refractivity contribution in [1.82, 2.24) is 15.1 Å². The first-order valence-corrected chi connectivity index (χ1v) is 9.36. The van der Waals surface area contributed by atoms with Crippen molar-refractivity contribution in [1.29, 1.82) is 0 Å². The summed E-state index contributed by atoms with van der Waals surface area (Å²) in [6.45, 7) is 2.09. The van der Waals surface area contributed by atoms with Gasteiger partial charge in [-0.15, -0.1) is 11.3 Å². The summed E-state index contributed by atoms with van der Waals surface area (Å²) in [7, 11) is 0. The lowest BCUT2D eigenvalue weighted by Gasteiger charge is -2.22. The van der Waals surface area contributed by atoms with Gasteiger partial charge in [-0.2, -0.15) is 5.10 Å². The molecule has 26 heavy (non-hydrogen) atoms. The van der Waals surface area contributed by atoms with Gasteiger partial charge in [-0.1, -0.05) is 24.3 Å². The Bertz CT molecular complexity index is 856. The van der Waals surface area contributed by atoms with Crippen LogP contribution in [0, 0.1) is 0 Å². The van der Waals surface area contributed by atoms with Crippen molar-refractivity contribution in [2.75, 3.05) is 26.4 Å². The van der Waals surface area contributed by atoms with Crippen LogP contribution in [0.25, 0.3) is 16.3 Å². The Labute approximate surface area is 155 Å². The van der Waals surface area contributed by atoms with Crippen molar-refractivity contribution < 1.29 is 14.3 Å². The third-order valence-corrected chi connectivity index (χ3v) is 4.99. The summed E-state index contributed by atoms with van der Waals surface area (Å²) < 4.78 is 12.7. The van der Waals surface area contributed by atoms with E-state index in [0.717, 1.165) is 10.6 Å². The van der Waals surface area contributed by atoms with E-state index in [1.54, 1.807) is 22.2 Å². The van der Waals surface area contributed by atoms with Gasteiger partial charge in [0.15, 0.2) is 0 Å². The maximum atomic E-state index is 12.8. The zero-order valence-electron chi connectivity index (χ0n) is 14.1. The Morgan fingerprint density at radius 1 is 1.23 bits per heavy atom. The van der Waals surface area contributed by atoms with Crippen LogP contribution in [0.4, 0.5) is 0 Å². The van der Waals surface area contributed by atoms with Gasteiger partial charge in [-0.25, -0.2) is 4.68 Å². The molecule has 0 spiro atoms. The summed E-state index contributed by atoms with van der Waals surface area (Å²) in [4.78, 5) is 13.8. The molecule has 134 valence electrons. The van der Waals surface area contributed by atoms with Gasteiger partial charge in [0.25, 0.3) is 5.91 Å². The summed E-state index contributed by atoms with van der Waals surface area (Å²) >= 11 is 1.56. The second-order valence-corrected chi connectivity index (χ2v) is 6.87. The topological polar surface area (TPSA) is 65.4 Å². The lowest BCUT2D eigenvalue weighted by Crippen LogP contribution is -2.39. The molecular weight excluding hydrogens is 350 g/mol. The van der Waals surface area contributed by atoms with E-state index in [-0.39, 0.29) is 12.0 Å². The summed E-state index contributed by atoms with van der Waals surface area (Å²) in [5, 5.41) is 9.57. The largest absolute Gasteiger partial charge is 0.376 e. The van der Waals surface area contributed by atoms with Crippen LogP contribution in [-0.4, -0.2) is 48.2 Å². The van der Waals surface area contributed by atoms with Crippen molar-refractivity contribution in [3.63, 3.8) is 0 Å². The average molecular weight is 369 g/mol. The quantitative estimate of drug-likeness (QED) is 0.751. The van der Waals surface area contributed by atoms with Crippen molar-refractivity contribution in [2.45, 2.75) is 6.10 Å². The van der Waals surface area contributed by atoms with Gasteiger partial charge in [0, 0.05) is 12.7 Å². The molecule has 1 aliphatic heterocycles. The number of hydrogen-bond donors (Lipinski definition) is 1. The fourth-order valence-electron chi connectivity index (χ4n) is 2.80. The van der Waals surface area contributed by atoms with Crippen LogP contribution in [-0.2, 0) is 9.47 Å². The molecule has 1 aliphatic rings. The Morgan fingerprint density at radius 2 is 2.12 bits per heavy atom. The van der Waals surface area contributed by atoms with Gasteiger partial charge in [0.05, 0.1) is 42.1 Å². The highest BCUT2D eigenvalue weighted by Crippen LogP contribution is 2.27. The second kappa shape index (κ2) is 7.82. The number of nitrogens with one attached hydrogen (secondary N) is 1. The van der Waals surface area contributed by atoms with Gasteiger partial charge < -0.3 is 14.8 Å². The maximum Gasteiger partial charge on any atom is 0.255 e. The smallest absolute Gasteiger partial charge is 0.255 e. The highest BCUT2D eigenvalue weighted by atomic mass is 32.1. The molecule has 7 heteroatoms. The molecule has 1 fully saturated rings. The van der Waals surface area contributed by atoms with Crippen molar-refractivity contribution in [2.24, 2.45) is 0 Å². The highest BCUT2D eigenvalue weighted by molar-refractivity contribution is 7.13. The molecule has 2 aromatic heterocycles. The molecule has 1 atom stereocenters. The van der Waals surface area contributed by atoms with E-state index in [1.807, 2.05) is 47.8 Å². The van der Waals surface area contributed by atoms with E-state index in [9.17, 15) is 4.79 Å². The van der Waals surface area contributed by atoms with E-state index < -0.39 is 0 Å².